The quantitative estimate of drug-likeness (QED) is 0.470. The fraction of sp³-hybridized carbons (Fsp3) is 0.407. The number of rotatable bonds is 8. The van der Waals surface area contributed by atoms with Crippen molar-refractivity contribution in [2.75, 3.05) is 0 Å². The summed E-state index contributed by atoms with van der Waals surface area (Å²) in [5.74, 6) is 1.43. The van der Waals surface area contributed by atoms with Gasteiger partial charge in [-0.2, -0.15) is 0 Å². The summed E-state index contributed by atoms with van der Waals surface area (Å²) in [5, 5.41) is 7.27. The van der Waals surface area contributed by atoms with Gasteiger partial charge in [-0.05, 0) is 54.9 Å². The fourth-order valence-corrected chi connectivity index (χ4v) is 4.82. The van der Waals surface area contributed by atoms with Crippen LogP contribution in [0.5, 0.6) is 0 Å². The number of Topliss-reactive ketones (excluding diaryl/α,β-unsaturated/α-hetero) is 1. The van der Waals surface area contributed by atoms with Gasteiger partial charge in [0.25, 0.3) is 5.91 Å². The summed E-state index contributed by atoms with van der Waals surface area (Å²) in [6, 6.07) is 13.3. The number of benzene rings is 1. The van der Waals surface area contributed by atoms with Gasteiger partial charge in [-0.1, -0.05) is 48.7 Å². The molecule has 2 aliphatic carbocycles. The Balaban J connectivity index is 1.36. The number of hydrogen-bond acceptors (Lipinski definition) is 5. The molecule has 170 valence electrons. The minimum absolute atomic E-state index is 0.0358. The molecule has 1 atom stereocenters. The third-order valence-corrected chi connectivity index (χ3v) is 6.81. The molecule has 0 saturated heterocycles. The number of nitrogens with one attached hydrogen (secondary N) is 1. The molecule has 33 heavy (non-hydrogen) atoms. The monoisotopic (exact) mass is 443 g/mol. The van der Waals surface area contributed by atoms with Crippen LogP contribution in [-0.4, -0.2) is 21.8 Å². The molecule has 2 heterocycles. The normalized spacial score (nSPS) is 17.5. The van der Waals surface area contributed by atoms with Gasteiger partial charge in [0.05, 0.1) is 6.04 Å². The molecule has 2 fully saturated rings. The van der Waals surface area contributed by atoms with Crippen LogP contribution in [0.15, 0.2) is 59.4 Å². The standard InChI is InChI=1S/C27H29N3O3/c31-24(22-10-5-13-28-17-22)15-18-6-4-9-21(14-18)26(20-7-2-1-3-8-20)29-27(32)23-16-25(33-30-23)19-11-12-19/h4-6,9-10,13-14,16-17,19-20,26H,1-3,7-8,11-12,15H2,(H,29,32). The number of nitrogens with zero attached hydrogens (tertiary/aromatic N) is 2. The lowest BCUT2D eigenvalue weighted by Gasteiger charge is -2.31. The highest BCUT2D eigenvalue weighted by Crippen LogP contribution is 2.40. The zero-order valence-corrected chi connectivity index (χ0v) is 18.7. The van der Waals surface area contributed by atoms with Gasteiger partial charge in [0.1, 0.15) is 5.76 Å². The van der Waals surface area contributed by atoms with E-state index in [9.17, 15) is 9.59 Å². The molecule has 0 aliphatic heterocycles. The number of carbonyl (C=O) groups excluding carboxylic acids is 2. The van der Waals surface area contributed by atoms with Crippen LogP contribution in [0.2, 0.25) is 0 Å². The van der Waals surface area contributed by atoms with Gasteiger partial charge in [-0.15, -0.1) is 0 Å². The summed E-state index contributed by atoms with van der Waals surface area (Å²) in [6.07, 6.45) is 11.5. The van der Waals surface area contributed by atoms with Crippen LogP contribution in [0, 0.1) is 5.92 Å². The molecular weight excluding hydrogens is 414 g/mol. The van der Waals surface area contributed by atoms with Gasteiger partial charge < -0.3 is 9.84 Å². The lowest BCUT2D eigenvalue weighted by atomic mass is 9.80. The van der Waals surface area contributed by atoms with Gasteiger partial charge >= 0.3 is 0 Å². The van der Waals surface area contributed by atoms with Crippen molar-refractivity contribution >= 4 is 11.7 Å². The Bertz CT molecular complexity index is 1110. The maximum atomic E-state index is 13.1. The van der Waals surface area contributed by atoms with Crippen LogP contribution in [0.4, 0.5) is 0 Å². The van der Waals surface area contributed by atoms with E-state index < -0.39 is 0 Å². The highest BCUT2D eigenvalue weighted by atomic mass is 16.5. The second-order valence-electron chi connectivity index (χ2n) is 9.32. The number of pyridine rings is 1. The topological polar surface area (TPSA) is 85.1 Å². The lowest BCUT2D eigenvalue weighted by molar-refractivity contribution is 0.0902. The van der Waals surface area contributed by atoms with E-state index in [1.807, 2.05) is 12.1 Å². The predicted octanol–water partition coefficient (Wildman–Crippen LogP) is 5.42. The summed E-state index contributed by atoms with van der Waals surface area (Å²) in [7, 11) is 0. The Hall–Kier alpha value is -3.28. The zero-order valence-electron chi connectivity index (χ0n) is 18.7. The molecule has 5 rings (SSSR count). The summed E-state index contributed by atoms with van der Waals surface area (Å²) in [5.41, 5.74) is 2.93. The Morgan fingerprint density at radius 1 is 1.03 bits per heavy atom. The van der Waals surface area contributed by atoms with Gasteiger partial charge in [0.15, 0.2) is 11.5 Å². The van der Waals surface area contributed by atoms with Crippen molar-refractivity contribution in [2.24, 2.45) is 5.92 Å². The number of aromatic nitrogens is 2. The number of ketones is 1. The van der Waals surface area contributed by atoms with Gasteiger partial charge in [-0.3, -0.25) is 14.6 Å². The molecular formula is C27H29N3O3. The molecule has 2 aliphatic rings. The Kier molecular flexibility index (Phi) is 6.33. The molecule has 1 amide bonds. The maximum absolute atomic E-state index is 13.1. The van der Waals surface area contributed by atoms with Crippen molar-refractivity contribution in [3.8, 4) is 0 Å². The molecule has 0 bridgehead atoms. The van der Waals surface area contributed by atoms with Crippen molar-refractivity contribution < 1.29 is 14.1 Å². The van der Waals surface area contributed by atoms with Crippen LogP contribution in [-0.2, 0) is 6.42 Å². The van der Waals surface area contributed by atoms with Crippen LogP contribution < -0.4 is 5.32 Å². The van der Waals surface area contributed by atoms with E-state index in [-0.39, 0.29) is 17.7 Å². The largest absolute Gasteiger partial charge is 0.360 e. The first-order valence-electron chi connectivity index (χ1n) is 12.0. The molecule has 1 aromatic carbocycles. The Morgan fingerprint density at radius 3 is 2.64 bits per heavy atom. The smallest absolute Gasteiger partial charge is 0.273 e. The third-order valence-electron chi connectivity index (χ3n) is 6.81. The summed E-state index contributed by atoms with van der Waals surface area (Å²) >= 11 is 0. The molecule has 1 unspecified atom stereocenters. The molecule has 1 N–H and O–H groups in total. The van der Waals surface area contributed by atoms with E-state index in [4.69, 9.17) is 4.52 Å². The van der Waals surface area contributed by atoms with Gasteiger partial charge in [-0.25, -0.2) is 0 Å². The van der Waals surface area contributed by atoms with E-state index in [1.54, 1.807) is 30.6 Å². The van der Waals surface area contributed by atoms with Gasteiger partial charge in [0.2, 0.25) is 0 Å². The van der Waals surface area contributed by atoms with Crippen molar-refractivity contribution in [3.05, 3.63) is 83.0 Å². The average Bonchev–Trinajstić information content (AvgIpc) is 3.59. The Labute approximate surface area is 193 Å². The van der Waals surface area contributed by atoms with Crippen molar-refractivity contribution in [2.45, 2.75) is 63.3 Å². The molecule has 6 heteroatoms. The number of amides is 1. The molecule has 2 aromatic heterocycles. The first-order valence-corrected chi connectivity index (χ1v) is 12.0. The van der Waals surface area contributed by atoms with Gasteiger partial charge in [0, 0.05) is 36.4 Å². The average molecular weight is 444 g/mol. The van der Waals surface area contributed by atoms with E-state index in [0.717, 1.165) is 42.6 Å². The van der Waals surface area contributed by atoms with E-state index in [2.05, 4.69) is 27.6 Å². The zero-order chi connectivity index (χ0) is 22.6. The van der Waals surface area contributed by atoms with E-state index in [1.165, 1.54) is 19.3 Å². The number of hydrogen-bond donors (Lipinski definition) is 1. The van der Waals surface area contributed by atoms with Crippen LogP contribution in [0.25, 0.3) is 0 Å². The lowest BCUT2D eigenvalue weighted by Crippen LogP contribution is -2.34. The van der Waals surface area contributed by atoms with E-state index >= 15 is 0 Å². The van der Waals surface area contributed by atoms with E-state index in [0.29, 0.717) is 29.5 Å². The molecule has 6 nitrogen and oxygen atoms in total. The maximum Gasteiger partial charge on any atom is 0.273 e. The first-order chi connectivity index (χ1) is 16.2. The highest BCUT2D eigenvalue weighted by Gasteiger charge is 2.31. The molecule has 3 aromatic rings. The van der Waals surface area contributed by atoms with Crippen LogP contribution in [0.1, 0.15) is 94.6 Å². The SMILES string of the molecule is O=C(Cc1cccc(C(NC(=O)c2cc(C3CC3)on2)C2CCCCC2)c1)c1cccnc1. The fourth-order valence-electron chi connectivity index (χ4n) is 4.82. The van der Waals surface area contributed by atoms with Crippen LogP contribution in [0.3, 0.4) is 0 Å². The molecule has 0 radical (unpaired) electrons. The highest BCUT2D eigenvalue weighted by molar-refractivity contribution is 5.97. The second-order valence-corrected chi connectivity index (χ2v) is 9.32. The molecule has 2 saturated carbocycles. The van der Waals surface area contributed by atoms with Crippen molar-refractivity contribution in [1.29, 1.82) is 0 Å². The van der Waals surface area contributed by atoms with Crippen molar-refractivity contribution in [3.63, 3.8) is 0 Å². The predicted molar refractivity (Wildman–Crippen MR) is 124 cm³/mol. The summed E-state index contributed by atoms with van der Waals surface area (Å²) in [6.45, 7) is 0. The molecule has 0 spiro atoms. The minimum atomic E-state index is -0.196. The first kappa shape index (κ1) is 21.6. The number of carbonyl (C=O) groups is 2. The van der Waals surface area contributed by atoms with Crippen LogP contribution >= 0.6 is 0 Å². The van der Waals surface area contributed by atoms with Crippen molar-refractivity contribution in [1.82, 2.24) is 15.5 Å². The second kappa shape index (κ2) is 9.69. The minimum Gasteiger partial charge on any atom is -0.360 e. The summed E-state index contributed by atoms with van der Waals surface area (Å²) < 4.78 is 5.39. The Morgan fingerprint density at radius 2 is 1.88 bits per heavy atom. The summed E-state index contributed by atoms with van der Waals surface area (Å²) in [4.78, 5) is 29.8. The third kappa shape index (κ3) is 5.21.